The molecule has 3 rings (SSSR count). The van der Waals surface area contributed by atoms with E-state index < -0.39 is 0 Å². The van der Waals surface area contributed by atoms with Gasteiger partial charge in [0.25, 0.3) is 5.91 Å². The molecule has 1 amide bonds. The van der Waals surface area contributed by atoms with Gasteiger partial charge in [-0.1, -0.05) is 0 Å². The molecule has 1 aromatic carbocycles. The van der Waals surface area contributed by atoms with E-state index in [0.29, 0.717) is 16.8 Å². The van der Waals surface area contributed by atoms with Crippen molar-refractivity contribution < 1.29 is 4.79 Å². The van der Waals surface area contributed by atoms with Gasteiger partial charge in [0.2, 0.25) is 0 Å². The summed E-state index contributed by atoms with van der Waals surface area (Å²) in [5.74, 6) is -0.243. The number of benzene rings is 1. The molecule has 0 aliphatic carbocycles. The first-order valence-corrected chi connectivity index (χ1v) is 6.69. The van der Waals surface area contributed by atoms with Gasteiger partial charge < -0.3 is 5.32 Å². The normalized spacial score (nSPS) is 10.4. The SMILES string of the molecule is Cc1nn(C)c2ncc(NC(=O)c3ccc(C#N)cc3)cc12. The first-order valence-electron chi connectivity index (χ1n) is 6.69. The Morgan fingerprint density at radius 3 is 2.73 bits per heavy atom. The van der Waals surface area contributed by atoms with E-state index in [9.17, 15) is 4.79 Å². The van der Waals surface area contributed by atoms with E-state index in [1.165, 1.54) is 0 Å². The van der Waals surface area contributed by atoms with Crippen LogP contribution in [0.25, 0.3) is 11.0 Å². The largest absolute Gasteiger partial charge is 0.321 e. The molecule has 0 radical (unpaired) electrons. The van der Waals surface area contributed by atoms with Crippen molar-refractivity contribution in [3.05, 3.63) is 53.3 Å². The number of hydrogen-bond acceptors (Lipinski definition) is 4. The van der Waals surface area contributed by atoms with Crippen LogP contribution in [0, 0.1) is 18.3 Å². The van der Waals surface area contributed by atoms with Gasteiger partial charge in [-0.15, -0.1) is 0 Å². The zero-order chi connectivity index (χ0) is 15.7. The van der Waals surface area contributed by atoms with E-state index in [-0.39, 0.29) is 5.91 Å². The molecule has 22 heavy (non-hydrogen) atoms. The highest BCUT2D eigenvalue weighted by atomic mass is 16.1. The fourth-order valence-corrected chi connectivity index (χ4v) is 2.28. The number of nitriles is 1. The first-order chi connectivity index (χ1) is 10.6. The van der Waals surface area contributed by atoms with Gasteiger partial charge in [0, 0.05) is 18.0 Å². The third kappa shape index (κ3) is 2.40. The molecule has 0 atom stereocenters. The number of carbonyl (C=O) groups excluding carboxylic acids is 1. The monoisotopic (exact) mass is 291 g/mol. The summed E-state index contributed by atoms with van der Waals surface area (Å²) in [4.78, 5) is 16.5. The Labute approximate surface area is 127 Å². The molecular weight excluding hydrogens is 278 g/mol. The van der Waals surface area contributed by atoms with Crippen LogP contribution in [0.15, 0.2) is 36.5 Å². The lowest BCUT2D eigenvalue weighted by molar-refractivity contribution is 0.102. The molecule has 0 bridgehead atoms. The molecule has 0 saturated heterocycles. The van der Waals surface area contributed by atoms with Crippen molar-refractivity contribution >= 4 is 22.6 Å². The van der Waals surface area contributed by atoms with Crippen molar-refractivity contribution in [2.45, 2.75) is 6.92 Å². The van der Waals surface area contributed by atoms with E-state index >= 15 is 0 Å². The number of hydrogen-bond donors (Lipinski definition) is 1. The third-order valence-corrected chi connectivity index (χ3v) is 3.40. The van der Waals surface area contributed by atoms with Crippen LogP contribution in [0.3, 0.4) is 0 Å². The summed E-state index contributed by atoms with van der Waals surface area (Å²) in [5.41, 5.74) is 3.25. The van der Waals surface area contributed by atoms with Gasteiger partial charge >= 0.3 is 0 Å². The summed E-state index contributed by atoms with van der Waals surface area (Å²) in [6.07, 6.45) is 1.60. The topological polar surface area (TPSA) is 83.6 Å². The highest BCUT2D eigenvalue weighted by molar-refractivity contribution is 6.04. The Hall–Kier alpha value is -3.20. The van der Waals surface area contributed by atoms with Gasteiger partial charge in [-0.3, -0.25) is 9.48 Å². The van der Waals surface area contributed by atoms with Crippen LogP contribution in [-0.2, 0) is 7.05 Å². The van der Waals surface area contributed by atoms with Crippen molar-refractivity contribution in [3.63, 3.8) is 0 Å². The lowest BCUT2D eigenvalue weighted by Crippen LogP contribution is -2.12. The van der Waals surface area contributed by atoms with Crippen molar-refractivity contribution in [3.8, 4) is 6.07 Å². The minimum Gasteiger partial charge on any atom is -0.321 e. The van der Waals surface area contributed by atoms with Gasteiger partial charge in [-0.25, -0.2) is 4.98 Å². The number of carbonyl (C=O) groups is 1. The van der Waals surface area contributed by atoms with Gasteiger partial charge in [-0.05, 0) is 37.3 Å². The summed E-state index contributed by atoms with van der Waals surface area (Å²) in [6.45, 7) is 1.90. The molecule has 0 aliphatic rings. The van der Waals surface area contributed by atoms with Crippen LogP contribution >= 0.6 is 0 Å². The Balaban J connectivity index is 1.87. The molecule has 108 valence electrons. The maximum absolute atomic E-state index is 12.2. The zero-order valence-electron chi connectivity index (χ0n) is 12.2. The predicted molar refractivity (Wildman–Crippen MR) is 82.4 cm³/mol. The fraction of sp³-hybridized carbons (Fsp3) is 0.125. The van der Waals surface area contributed by atoms with Crippen LogP contribution in [0.5, 0.6) is 0 Å². The quantitative estimate of drug-likeness (QED) is 0.785. The van der Waals surface area contributed by atoms with E-state index in [4.69, 9.17) is 5.26 Å². The molecule has 2 aromatic heterocycles. The van der Waals surface area contributed by atoms with Crippen molar-refractivity contribution in [2.75, 3.05) is 5.32 Å². The third-order valence-electron chi connectivity index (χ3n) is 3.40. The number of nitrogens with zero attached hydrogens (tertiary/aromatic N) is 4. The summed E-state index contributed by atoms with van der Waals surface area (Å²) in [6, 6.07) is 10.3. The molecule has 0 saturated carbocycles. The van der Waals surface area contributed by atoms with E-state index in [2.05, 4.69) is 15.4 Å². The Bertz CT molecular complexity index is 903. The van der Waals surface area contributed by atoms with Crippen LogP contribution in [0.2, 0.25) is 0 Å². The molecule has 3 aromatic rings. The van der Waals surface area contributed by atoms with E-state index in [1.807, 2.05) is 26.1 Å². The summed E-state index contributed by atoms with van der Waals surface area (Å²) in [5, 5.41) is 16.8. The number of aromatic nitrogens is 3. The lowest BCUT2D eigenvalue weighted by Gasteiger charge is -2.05. The minimum absolute atomic E-state index is 0.243. The molecule has 0 unspecified atom stereocenters. The van der Waals surface area contributed by atoms with Crippen LogP contribution in [0.4, 0.5) is 5.69 Å². The number of pyridine rings is 1. The van der Waals surface area contributed by atoms with Crippen LogP contribution in [-0.4, -0.2) is 20.7 Å². The van der Waals surface area contributed by atoms with Crippen molar-refractivity contribution in [1.82, 2.24) is 14.8 Å². The molecule has 6 nitrogen and oxygen atoms in total. The van der Waals surface area contributed by atoms with Gasteiger partial charge in [0.1, 0.15) is 0 Å². The second kappa shape index (κ2) is 5.30. The molecule has 0 spiro atoms. The van der Waals surface area contributed by atoms with Gasteiger partial charge in [0.15, 0.2) is 5.65 Å². The number of rotatable bonds is 2. The Morgan fingerprint density at radius 2 is 2.05 bits per heavy atom. The second-order valence-corrected chi connectivity index (χ2v) is 4.95. The first kappa shape index (κ1) is 13.8. The second-order valence-electron chi connectivity index (χ2n) is 4.95. The summed E-state index contributed by atoms with van der Waals surface area (Å²) in [7, 11) is 1.83. The average Bonchev–Trinajstić information content (AvgIpc) is 2.81. The zero-order valence-corrected chi connectivity index (χ0v) is 12.2. The lowest BCUT2D eigenvalue weighted by atomic mass is 10.1. The van der Waals surface area contributed by atoms with Gasteiger partial charge in [0.05, 0.1) is 29.2 Å². The molecule has 6 heteroatoms. The smallest absolute Gasteiger partial charge is 0.255 e. The highest BCUT2D eigenvalue weighted by Gasteiger charge is 2.10. The molecule has 1 N–H and O–H groups in total. The van der Waals surface area contributed by atoms with Crippen LogP contribution in [0.1, 0.15) is 21.6 Å². The maximum Gasteiger partial charge on any atom is 0.255 e. The number of aryl methyl sites for hydroxylation is 2. The molecule has 0 fully saturated rings. The number of anilines is 1. The maximum atomic E-state index is 12.2. The minimum atomic E-state index is -0.243. The Morgan fingerprint density at radius 1 is 1.32 bits per heavy atom. The predicted octanol–water partition coefficient (Wildman–Crippen LogP) is 2.40. The summed E-state index contributed by atoms with van der Waals surface area (Å²) < 4.78 is 1.71. The van der Waals surface area contributed by atoms with Crippen LogP contribution < -0.4 is 5.32 Å². The highest BCUT2D eigenvalue weighted by Crippen LogP contribution is 2.19. The van der Waals surface area contributed by atoms with Gasteiger partial charge in [-0.2, -0.15) is 10.4 Å². The fourth-order valence-electron chi connectivity index (χ4n) is 2.28. The number of amides is 1. The van der Waals surface area contributed by atoms with Crippen molar-refractivity contribution in [2.24, 2.45) is 7.05 Å². The summed E-state index contributed by atoms with van der Waals surface area (Å²) >= 11 is 0. The average molecular weight is 291 g/mol. The van der Waals surface area contributed by atoms with E-state index in [0.717, 1.165) is 16.7 Å². The number of nitrogens with one attached hydrogen (secondary N) is 1. The van der Waals surface area contributed by atoms with E-state index in [1.54, 1.807) is 35.1 Å². The molecule has 2 heterocycles. The molecular formula is C16H13N5O. The standard InChI is InChI=1S/C16H13N5O/c1-10-14-7-13(9-18-15(14)21(2)20-10)19-16(22)12-5-3-11(8-17)4-6-12/h3-7,9H,1-2H3,(H,19,22). The number of fused-ring (bicyclic) bond motifs is 1. The Kier molecular flexibility index (Phi) is 3.31. The molecule has 0 aliphatic heterocycles. The van der Waals surface area contributed by atoms with Crippen molar-refractivity contribution in [1.29, 1.82) is 5.26 Å².